The lowest BCUT2D eigenvalue weighted by Crippen LogP contribution is -2.44. The van der Waals surface area contributed by atoms with E-state index < -0.39 is 11.2 Å². The van der Waals surface area contributed by atoms with E-state index in [1.807, 2.05) is 27.0 Å². The van der Waals surface area contributed by atoms with Gasteiger partial charge in [0.25, 0.3) is 0 Å². The van der Waals surface area contributed by atoms with Crippen LogP contribution in [-0.4, -0.2) is 79.2 Å². The molecule has 1 amide bonds. The average molecular weight is 529 g/mol. The van der Waals surface area contributed by atoms with Gasteiger partial charge in [-0.3, -0.25) is 24.8 Å². The molecule has 0 aromatic carbocycles. The van der Waals surface area contributed by atoms with Crippen LogP contribution < -0.4 is 10.2 Å². The van der Waals surface area contributed by atoms with Gasteiger partial charge < -0.3 is 20.1 Å². The number of aromatic amines is 2. The van der Waals surface area contributed by atoms with Crippen LogP contribution in [0.1, 0.15) is 20.8 Å². The number of fused-ring (bicyclic) bond motifs is 2. The number of likely N-dealkylation sites (N-methyl/N-ethyl adjacent to an activating group) is 1. The number of carbonyl (C=O) groups excluding carboxylic acids is 1. The zero-order valence-electron chi connectivity index (χ0n) is 22.2. The molecule has 0 unspecified atom stereocenters. The van der Waals surface area contributed by atoms with Crippen molar-refractivity contribution in [2.75, 3.05) is 43.4 Å². The van der Waals surface area contributed by atoms with Gasteiger partial charge in [0, 0.05) is 43.4 Å². The molecular formula is C27H29FN10O. The van der Waals surface area contributed by atoms with Crippen molar-refractivity contribution in [3.63, 3.8) is 0 Å². The van der Waals surface area contributed by atoms with Crippen LogP contribution in [0.5, 0.6) is 0 Å². The van der Waals surface area contributed by atoms with Crippen LogP contribution in [0.3, 0.4) is 0 Å². The number of H-pyrrole nitrogens is 2. The third-order valence-corrected chi connectivity index (χ3v) is 6.94. The van der Waals surface area contributed by atoms with Crippen molar-refractivity contribution in [3.8, 4) is 22.8 Å². The molecular weight excluding hydrogens is 499 g/mol. The number of nitrogens with zero attached hydrogens (tertiary/aromatic N) is 7. The molecule has 1 saturated heterocycles. The number of carbonyl (C=O) groups is 1. The van der Waals surface area contributed by atoms with Gasteiger partial charge >= 0.3 is 0 Å². The van der Waals surface area contributed by atoms with E-state index in [4.69, 9.17) is 4.98 Å². The number of aromatic nitrogens is 7. The van der Waals surface area contributed by atoms with Crippen LogP contribution in [0.4, 0.5) is 15.8 Å². The third kappa shape index (κ3) is 4.56. The Morgan fingerprint density at radius 2 is 1.77 bits per heavy atom. The minimum Gasteiger partial charge on any atom is -0.366 e. The molecule has 0 aliphatic carbocycles. The van der Waals surface area contributed by atoms with Gasteiger partial charge in [-0.15, -0.1) is 0 Å². The first-order valence-corrected chi connectivity index (χ1v) is 12.8. The second-order valence-electron chi connectivity index (χ2n) is 10.9. The lowest BCUT2D eigenvalue weighted by Gasteiger charge is -2.33. The van der Waals surface area contributed by atoms with Crippen molar-refractivity contribution >= 4 is 39.2 Å². The molecule has 1 aliphatic heterocycles. The zero-order chi connectivity index (χ0) is 27.3. The molecule has 0 bridgehead atoms. The summed E-state index contributed by atoms with van der Waals surface area (Å²) in [7, 11) is 2.11. The lowest BCUT2D eigenvalue weighted by atomic mass is 9.95. The summed E-state index contributed by atoms with van der Waals surface area (Å²) in [6, 6.07) is 1.66. The molecule has 6 rings (SSSR count). The number of hydrogen-bond acceptors (Lipinski definition) is 8. The Morgan fingerprint density at radius 1 is 1.00 bits per heavy atom. The van der Waals surface area contributed by atoms with Gasteiger partial charge in [-0.2, -0.15) is 5.10 Å². The van der Waals surface area contributed by atoms with E-state index in [-0.39, 0.29) is 17.0 Å². The van der Waals surface area contributed by atoms with Gasteiger partial charge in [-0.25, -0.2) is 9.37 Å². The van der Waals surface area contributed by atoms with E-state index in [1.165, 1.54) is 18.6 Å². The standard InChI is InChI=1S/C27H29FN10O/c1-27(2,3)26(39)32-16-9-15(10-29-11-16)22-21(28)20-17(13-31-22)35-36-24(20)25-33-18-12-30-14-19(23(18)34-25)38-7-5-37(4)6-8-38/h9-14H,5-8H2,1-4H3,(H,32,39)(H,33,34)(H,35,36). The molecule has 0 saturated carbocycles. The summed E-state index contributed by atoms with van der Waals surface area (Å²) in [4.78, 5) is 38.0. The molecule has 0 spiro atoms. The first kappa shape index (κ1) is 24.9. The normalized spacial score (nSPS) is 14.8. The summed E-state index contributed by atoms with van der Waals surface area (Å²) in [6.45, 7) is 9.10. The Hall–Kier alpha value is -4.45. The highest BCUT2D eigenvalue weighted by atomic mass is 19.1. The molecule has 11 nitrogen and oxygen atoms in total. The number of pyridine rings is 3. The summed E-state index contributed by atoms with van der Waals surface area (Å²) in [5, 5.41) is 10.3. The molecule has 6 heterocycles. The van der Waals surface area contributed by atoms with E-state index in [1.54, 1.807) is 12.3 Å². The molecule has 0 radical (unpaired) electrons. The molecule has 5 aromatic rings. The Morgan fingerprint density at radius 3 is 2.54 bits per heavy atom. The number of piperazine rings is 1. The Bertz CT molecular complexity index is 1690. The van der Waals surface area contributed by atoms with Gasteiger partial charge in [-0.05, 0) is 13.1 Å². The maximum Gasteiger partial charge on any atom is 0.229 e. The van der Waals surface area contributed by atoms with Crippen LogP contribution in [0.2, 0.25) is 0 Å². The van der Waals surface area contributed by atoms with E-state index >= 15 is 4.39 Å². The molecule has 12 heteroatoms. The predicted octanol–water partition coefficient (Wildman–Crippen LogP) is 3.83. The maximum absolute atomic E-state index is 16.1. The largest absolute Gasteiger partial charge is 0.366 e. The highest BCUT2D eigenvalue weighted by Gasteiger charge is 2.24. The van der Waals surface area contributed by atoms with Gasteiger partial charge in [0.05, 0.1) is 52.6 Å². The molecule has 0 atom stereocenters. The minimum atomic E-state index is -0.587. The summed E-state index contributed by atoms with van der Waals surface area (Å²) >= 11 is 0. The zero-order valence-corrected chi connectivity index (χ0v) is 22.2. The third-order valence-electron chi connectivity index (χ3n) is 6.94. The van der Waals surface area contributed by atoms with Gasteiger partial charge in [0.1, 0.15) is 16.9 Å². The van der Waals surface area contributed by atoms with E-state index in [0.29, 0.717) is 28.3 Å². The molecule has 200 valence electrons. The summed E-state index contributed by atoms with van der Waals surface area (Å²) < 4.78 is 16.1. The fourth-order valence-electron chi connectivity index (χ4n) is 4.61. The lowest BCUT2D eigenvalue weighted by molar-refractivity contribution is -0.123. The van der Waals surface area contributed by atoms with E-state index in [9.17, 15) is 4.79 Å². The second-order valence-corrected chi connectivity index (χ2v) is 10.9. The van der Waals surface area contributed by atoms with E-state index in [2.05, 4.69) is 52.3 Å². The van der Waals surface area contributed by atoms with Crippen molar-refractivity contribution in [3.05, 3.63) is 42.9 Å². The maximum atomic E-state index is 16.1. The average Bonchev–Trinajstić information content (AvgIpc) is 3.54. The van der Waals surface area contributed by atoms with Gasteiger partial charge in [0.2, 0.25) is 5.91 Å². The van der Waals surface area contributed by atoms with Gasteiger partial charge in [0.15, 0.2) is 11.6 Å². The molecule has 1 fully saturated rings. The van der Waals surface area contributed by atoms with Crippen molar-refractivity contribution in [1.82, 2.24) is 40.0 Å². The Kier molecular flexibility index (Phi) is 5.98. The number of hydrogen-bond donors (Lipinski definition) is 3. The fourth-order valence-corrected chi connectivity index (χ4v) is 4.61. The second kappa shape index (κ2) is 9.38. The Balaban J connectivity index is 1.39. The van der Waals surface area contributed by atoms with Crippen LogP contribution in [0.15, 0.2) is 37.1 Å². The number of nitrogens with one attached hydrogen (secondary N) is 3. The van der Waals surface area contributed by atoms with Crippen LogP contribution in [0, 0.1) is 11.2 Å². The fraction of sp³-hybridized carbons (Fsp3) is 0.333. The highest BCUT2D eigenvalue weighted by Crippen LogP contribution is 2.34. The molecule has 3 N–H and O–H groups in total. The first-order chi connectivity index (χ1) is 18.7. The van der Waals surface area contributed by atoms with Crippen molar-refractivity contribution in [1.29, 1.82) is 0 Å². The van der Waals surface area contributed by atoms with Crippen LogP contribution >= 0.6 is 0 Å². The van der Waals surface area contributed by atoms with E-state index in [0.717, 1.165) is 42.9 Å². The number of rotatable bonds is 4. The SMILES string of the molecule is CN1CCN(c2cncc3[nH]c(-c4n[nH]c5cnc(-c6cncc(NC(=O)C(C)(C)C)c6)c(F)c45)nc23)CC1. The van der Waals surface area contributed by atoms with Crippen molar-refractivity contribution in [2.24, 2.45) is 5.41 Å². The molecule has 5 aromatic heterocycles. The summed E-state index contributed by atoms with van der Waals surface area (Å²) in [6.07, 6.45) is 8.10. The van der Waals surface area contributed by atoms with Crippen LogP contribution in [-0.2, 0) is 4.79 Å². The molecule has 1 aliphatic rings. The summed E-state index contributed by atoms with van der Waals surface area (Å²) in [5.41, 5.74) is 3.64. The smallest absolute Gasteiger partial charge is 0.229 e. The quantitative estimate of drug-likeness (QED) is 0.321. The number of anilines is 2. The minimum absolute atomic E-state index is 0.0976. The molecule has 39 heavy (non-hydrogen) atoms. The first-order valence-electron chi connectivity index (χ1n) is 12.8. The highest BCUT2D eigenvalue weighted by molar-refractivity contribution is 5.98. The summed E-state index contributed by atoms with van der Waals surface area (Å²) in [5.74, 6) is -0.298. The van der Waals surface area contributed by atoms with Crippen LogP contribution in [0.25, 0.3) is 44.7 Å². The number of amides is 1. The Labute approximate surface area is 223 Å². The van der Waals surface area contributed by atoms with Crippen molar-refractivity contribution < 1.29 is 9.18 Å². The van der Waals surface area contributed by atoms with Gasteiger partial charge in [-0.1, -0.05) is 20.8 Å². The monoisotopic (exact) mass is 528 g/mol. The predicted molar refractivity (Wildman–Crippen MR) is 148 cm³/mol. The number of imidazole rings is 1. The number of halogens is 1. The van der Waals surface area contributed by atoms with Crippen molar-refractivity contribution in [2.45, 2.75) is 20.8 Å². The topological polar surface area (TPSA) is 132 Å².